The first kappa shape index (κ1) is 13.4. The zero-order valence-electron chi connectivity index (χ0n) is 10.2. The smallest absolute Gasteiger partial charge is 0.265 e. The highest BCUT2D eigenvalue weighted by molar-refractivity contribution is 7.80. The minimum atomic E-state index is -0.527. The average molecular weight is 284 g/mol. The predicted octanol–water partition coefficient (Wildman–Crippen LogP) is 1.57. The van der Waals surface area contributed by atoms with E-state index >= 15 is 0 Å². The molecule has 5 nitrogen and oxygen atoms in total. The van der Waals surface area contributed by atoms with Crippen molar-refractivity contribution in [2.75, 3.05) is 0 Å². The number of amides is 1. The summed E-state index contributed by atoms with van der Waals surface area (Å²) in [5.41, 5.74) is 5.95. The molecule has 98 valence electrons. The number of carbonyl (C=O) groups excluding carboxylic acids is 1. The number of thiocarbonyl (C=S) groups is 1. The normalized spacial score (nSPS) is 18.3. The summed E-state index contributed by atoms with van der Waals surface area (Å²) in [5, 5.41) is 6.84. The number of hydrogen-bond acceptors (Lipinski definition) is 5. The molecule has 0 unspecified atom stereocenters. The molecule has 1 saturated carbocycles. The van der Waals surface area contributed by atoms with Gasteiger partial charge < -0.3 is 11.1 Å². The van der Waals surface area contributed by atoms with Gasteiger partial charge in [0.2, 0.25) is 0 Å². The van der Waals surface area contributed by atoms with Crippen LogP contribution in [0.1, 0.15) is 47.5 Å². The first-order valence-electron chi connectivity index (χ1n) is 5.96. The van der Waals surface area contributed by atoms with E-state index in [0.717, 1.165) is 37.2 Å². The highest BCUT2D eigenvalue weighted by Gasteiger charge is 2.37. The molecule has 1 heterocycles. The maximum Gasteiger partial charge on any atom is 0.265 e. The number of carbonyl (C=O) groups is 1. The monoisotopic (exact) mass is 284 g/mol. The van der Waals surface area contributed by atoms with Gasteiger partial charge in [-0.2, -0.15) is 0 Å². The molecule has 1 aromatic heterocycles. The van der Waals surface area contributed by atoms with Crippen molar-refractivity contribution >= 4 is 34.6 Å². The second kappa shape index (κ2) is 5.27. The molecule has 0 radical (unpaired) electrons. The van der Waals surface area contributed by atoms with Crippen LogP contribution < -0.4 is 11.1 Å². The Morgan fingerprint density at radius 1 is 1.44 bits per heavy atom. The first-order chi connectivity index (χ1) is 8.55. The van der Waals surface area contributed by atoms with Crippen molar-refractivity contribution in [3.8, 4) is 0 Å². The molecule has 0 aromatic carbocycles. The fourth-order valence-electron chi connectivity index (χ4n) is 2.30. The van der Waals surface area contributed by atoms with E-state index in [4.69, 9.17) is 18.0 Å². The molecular formula is C11H16N4OS2. The molecule has 1 aromatic rings. The van der Waals surface area contributed by atoms with Gasteiger partial charge in [0.15, 0.2) is 0 Å². The zero-order chi connectivity index (χ0) is 13.2. The summed E-state index contributed by atoms with van der Waals surface area (Å²) in [6, 6.07) is 0. The Labute approximate surface area is 115 Å². The van der Waals surface area contributed by atoms with Crippen molar-refractivity contribution in [3.05, 3.63) is 10.6 Å². The van der Waals surface area contributed by atoms with Crippen molar-refractivity contribution in [1.82, 2.24) is 14.9 Å². The number of nitrogens with zero attached hydrogens (tertiary/aromatic N) is 2. The molecule has 1 aliphatic rings. The Hall–Kier alpha value is -1.08. The van der Waals surface area contributed by atoms with Crippen LogP contribution in [0, 0.1) is 6.92 Å². The number of rotatable bonds is 3. The highest BCUT2D eigenvalue weighted by Crippen LogP contribution is 2.29. The summed E-state index contributed by atoms with van der Waals surface area (Å²) < 4.78 is 3.77. The van der Waals surface area contributed by atoms with Gasteiger partial charge in [-0.1, -0.05) is 36.0 Å². The molecule has 1 fully saturated rings. The summed E-state index contributed by atoms with van der Waals surface area (Å²) in [6.45, 7) is 1.77. The van der Waals surface area contributed by atoms with Crippen molar-refractivity contribution in [2.45, 2.75) is 44.6 Å². The van der Waals surface area contributed by atoms with Crippen molar-refractivity contribution in [2.24, 2.45) is 5.73 Å². The fraction of sp³-hybridized carbons (Fsp3) is 0.636. The molecule has 2 rings (SSSR count). The first-order valence-corrected chi connectivity index (χ1v) is 7.15. The molecule has 0 spiro atoms. The molecule has 1 amide bonds. The van der Waals surface area contributed by atoms with Crippen LogP contribution >= 0.6 is 23.8 Å². The second-order valence-corrected chi connectivity index (χ2v) is 5.84. The molecule has 0 atom stereocenters. The van der Waals surface area contributed by atoms with Gasteiger partial charge in [-0.05, 0) is 31.3 Å². The summed E-state index contributed by atoms with van der Waals surface area (Å²) in [6.07, 6.45) is 4.88. The maximum absolute atomic E-state index is 12.2. The largest absolute Gasteiger partial charge is 0.391 e. The standard InChI is InChI=1S/C11H16N4OS2/c1-7-8(18-15-14-7)9(16)13-11(10(12)17)5-3-2-4-6-11/h2-6H2,1H3,(H2,12,17)(H,13,16). The Morgan fingerprint density at radius 3 is 2.61 bits per heavy atom. The van der Waals surface area contributed by atoms with Crippen LogP contribution in [0.2, 0.25) is 0 Å². The minimum Gasteiger partial charge on any atom is -0.391 e. The molecule has 3 N–H and O–H groups in total. The van der Waals surface area contributed by atoms with Crippen molar-refractivity contribution in [3.63, 3.8) is 0 Å². The Balaban J connectivity index is 2.17. The van der Waals surface area contributed by atoms with E-state index in [-0.39, 0.29) is 5.91 Å². The van der Waals surface area contributed by atoms with E-state index in [1.807, 2.05) is 0 Å². The fourth-order valence-corrected chi connectivity index (χ4v) is 3.11. The van der Waals surface area contributed by atoms with Gasteiger partial charge in [0.05, 0.1) is 16.2 Å². The molecule has 0 aliphatic heterocycles. The Bertz CT molecular complexity index is 465. The lowest BCUT2D eigenvalue weighted by atomic mass is 9.81. The number of aromatic nitrogens is 2. The quantitative estimate of drug-likeness (QED) is 0.823. The van der Waals surface area contributed by atoms with Gasteiger partial charge in [-0.25, -0.2) is 0 Å². The lowest BCUT2D eigenvalue weighted by Gasteiger charge is -2.37. The third-order valence-corrected chi connectivity index (χ3v) is 4.61. The number of nitrogens with one attached hydrogen (secondary N) is 1. The topological polar surface area (TPSA) is 80.9 Å². The number of hydrogen-bond donors (Lipinski definition) is 2. The van der Waals surface area contributed by atoms with Crippen molar-refractivity contribution < 1.29 is 4.79 Å². The number of nitrogens with two attached hydrogens (primary N) is 1. The van der Waals surface area contributed by atoms with Crippen LogP contribution in [0.4, 0.5) is 0 Å². The lowest BCUT2D eigenvalue weighted by Crippen LogP contribution is -2.57. The Morgan fingerprint density at radius 2 is 2.11 bits per heavy atom. The van der Waals surface area contributed by atoms with E-state index in [9.17, 15) is 4.79 Å². The zero-order valence-corrected chi connectivity index (χ0v) is 11.9. The SMILES string of the molecule is Cc1nnsc1C(=O)NC1(C(N)=S)CCCCC1. The third kappa shape index (κ3) is 2.51. The summed E-state index contributed by atoms with van der Waals surface area (Å²) in [4.78, 5) is 13.1. The van der Waals surface area contributed by atoms with E-state index in [2.05, 4.69) is 14.9 Å². The summed E-state index contributed by atoms with van der Waals surface area (Å²) >= 11 is 6.24. The van der Waals surface area contributed by atoms with Crippen LogP contribution in [0.25, 0.3) is 0 Å². The second-order valence-electron chi connectivity index (χ2n) is 4.65. The van der Waals surface area contributed by atoms with Gasteiger partial charge >= 0.3 is 0 Å². The van der Waals surface area contributed by atoms with Gasteiger partial charge in [-0.3, -0.25) is 4.79 Å². The maximum atomic E-state index is 12.2. The van der Waals surface area contributed by atoms with Gasteiger partial charge in [0.25, 0.3) is 5.91 Å². The van der Waals surface area contributed by atoms with Gasteiger partial charge in [-0.15, -0.1) is 5.10 Å². The summed E-state index contributed by atoms with van der Waals surface area (Å²) in [7, 11) is 0. The van der Waals surface area contributed by atoms with Gasteiger partial charge in [0.1, 0.15) is 4.88 Å². The minimum absolute atomic E-state index is 0.169. The van der Waals surface area contributed by atoms with E-state index in [1.54, 1.807) is 6.92 Å². The van der Waals surface area contributed by atoms with E-state index in [1.165, 1.54) is 6.42 Å². The van der Waals surface area contributed by atoms with Crippen LogP contribution in [-0.4, -0.2) is 26.0 Å². The number of aryl methyl sites for hydroxylation is 1. The highest BCUT2D eigenvalue weighted by atomic mass is 32.1. The van der Waals surface area contributed by atoms with E-state index < -0.39 is 5.54 Å². The summed E-state index contributed by atoms with van der Waals surface area (Å²) in [5.74, 6) is -0.169. The molecule has 0 bridgehead atoms. The van der Waals surface area contributed by atoms with Gasteiger partial charge in [0, 0.05) is 0 Å². The molecule has 1 aliphatic carbocycles. The lowest BCUT2D eigenvalue weighted by molar-refractivity contribution is 0.0912. The van der Waals surface area contributed by atoms with Crippen LogP contribution in [0.15, 0.2) is 0 Å². The van der Waals surface area contributed by atoms with E-state index in [0.29, 0.717) is 15.6 Å². The molecular weight excluding hydrogens is 268 g/mol. The predicted molar refractivity (Wildman–Crippen MR) is 74.7 cm³/mol. The third-order valence-electron chi connectivity index (χ3n) is 3.39. The molecule has 7 heteroatoms. The molecule has 0 saturated heterocycles. The Kier molecular flexibility index (Phi) is 3.91. The van der Waals surface area contributed by atoms with Crippen LogP contribution in [0.3, 0.4) is 0 Å². The average Bonchev–Trinajstić information content (AvgIpc) is 2.76. The van der Waals surface area contributed by atoms with Crippen LogP contribution in [0.5, 0.6) is 0 Å². The molecule has 18 heavy (non-hydrogen) atoms. The van der Waals surface area contributed by atoms with Crippen LogP contribution in [-0.2, 0) is 0 Å². The van der Waals surface area contributed by atoms with Crippen molar-refractivity contribution in [1.29, 1.82) is 0 Å².